The second-order valence-electron chi connectivity index (χ2n) is 8.17. The molecule has 0 fully saturated rings. The molecule has 0 aliphatic heterocycles. The maximum atomic E-state index is 15.1. The lowest BCUT2D eigenvalue weighted by Crippen LogP contribution is -2.09. The first-order valence-corrected chi connectivity index (χ1v) is 10.8. The minimum absolute atomic E-state index is 0.259. The van der Waals surface area contributed by atoms with E-state index in [2.05, 4.69) is 15.0 Å². The maximum absolute atomic E-state index is 15.1. The molecule has 0 atom stereocenters. The Morgan fingerprint density at radius 1 is 1.21 bits per heavy atom. The number of allylic oxidation sites excluding steroid dienone is 1. The van der Waals surface area contributed by atoms with Crippen LogP contribution >= 0.6 is 11.6 Å². The molecule has 2 aromatic carbocycles. The van der Waals surface area contributed by atoms with E-state index in [-0.39, 0.29) is 18.1 Å². The van der Waals surface area contributed by atoms with Gasteiger partial charge >= 0.3 is 5.63 Å². The van der Waals surface area contributed by atoms with Crippen molar-refractivity contribution >= 4 is 61.6 Å². The van der Waals surface area contributed by atoms with Crippen LogP contribution in [0.1, 0.15) is 16.7 Å². The average Bonchev–Trinajstić information content (AvgIpc) is 3.52. The average molecular weight is 457 g/mol. The second kappa shape index (κ2) is 6.52. The van der Waals surface area contributed by atoms with Crippen molar-refractivity contribution < 1.29 is 8.81 Å². The first kappa shape index (κ1) is 18.6. The van der Waals surface area contributed by atoms with Crippen LogP contribution in [-0.4, -0.2) is 19.5 Å². The Kier molecular flexibility index (Phi) is 3.67. The van der Waals surface area contributed by atoms with Gasteiger partial charge in [-0.25, -0.2) is 19.2 Å². The SMILES string of the molecule is O=c1oc2ncccc2c2c3c4c(c(F)cc3n(Cc3cc5[nH]cnc5cc3Cl)c12)C=CC4. The summed E-state index contributed by atoms with van der Waals surface area (Å²) < 4.78 is 22.5. The number of fused-ring (bicyclic) bond motifs is 8. The molecule has 4 heterocycles. The summed E-state index contributed by atoms with van der Waals surface area (Å²) in [7, 11) is 0. The molecule has 0 radical (unpaired) electrons. The number of aromatic amines is 1. The minimum atomic E-state index is -0.522. The zero-order valence-corrected chi connectivity index (χ0v) is 17.8. The number of nitrogens with one attached hydrogen (secondary N) is 1. The molecule has 1 aliphatic carbocycles. The third kappa shape index (κ3) is 2.51. The lowest BCUT2D eigenvalue weighted by molar-refractivity contribution is 0.553. The van der Waals surface area contributed by atoms with E-state index in [0.717, 1.165) is 32.9 Å². The molecule has 0 bridgehead atoms. The largest absolute Gasteiger partial charge is 0.402 e. The van der Waals surface area contributed by atoms with E-state index in [4.69, 9.17) is 16.0 Å². The van der Waals surface area contributed by atoms with Crippen molar-refractivity contribution in [1.29, 1.82) is 0 Å². The first-order chi connectivity index (χ1) is 16.1. The van der Waals surface area contributed by atoms with Crippen LogP contribution in [0.5, 0.6) is 0 Å². The lowest BCUT2D eigenvalue weighted by Gasteiger charge is -2.10. The molecular formula is C25H14ClFN4O2. The summed E-state index contributed by atoms with van der Waals surface area (Å²) in [6, 6.07) is 8.85. The third-order valence-corrected chi connectivity index (χ3v) is 6.75. The predicted octanol–water partition coefficient (Wildman–Crippen LogP) is 5.58. The summed E-state index contributed by atoms with van der Waals surface area (Å²) in [4.78, 5) is 24.8. The fraction of sp³-hybridized carbons (Fsp3) is 0.0800. The molecule has 4 aromatic heterocycles. The van der Waals surface area contributed by atoms with Crippen molar-refractivity contribution in [3.63, 3.8) is 0 Å². The van der Waals surface area contributed by atoms with E-state index in [0.29, 0.717) is 33.4 Å². The van der Waals surface area contributed by atoms with Crippen molar-refractivity contribution in [2.45, 2.75) is 13.0 Å². The monoisotopic (exact) mass is 456 g/mol. The summed E-state index contributed by atoms with van der Waals surface area (Å²) in [5.41, 5.74) is 4.49. The van der Waals surface area contributed by atoms with Crippen molar-refractivity contribution in [3.8, 4) is 0 Å². The Labute approximate surface area is 189 Å². The van der Waals surface area contributed by atoms with Gasteiger partial charge in [0, 0.05) is 39.5 Å². The Morgan fingerprint density at radius 3 is 3.03 bits per heavy atom. The van der Waals surface area contributed by atoms with Gasteiger partial charge in [-0.2, -0.15) is 0 Å². The Morgan fingerprint density at radius 2 is 2.12 bits per heavy atom. The summed E-state index contributed by atoms with van der Waals surface area (Å²) in [6.07, 6.45) is 7.50. The van der Waals surface area contributed by atoms with Crippen molar-refractivity contribution in [1.82, 2.24) is 19.5 Å². The van der Waals surface area contributed by atoms with Crippen LogP contribution in [0.3, 0.4) is 0 Å². The zero-order valence-electron chi connectivity index (χ0n) is 17.0. The van der Waals surface area contributed by atoms with Gasteiger partial charge in [0.05, 0.1) is 22.9 Å². The summed E-state index contributed by atoms with van der Waals surface area (Å²) in [6.45, 7) is 0.260. The van der Waals surface area contributed by atoms with Gasteiger partial charge in [0.2, 0.25) is 5.71 Å². The molecule has 0 unspecified atom stereocenters. The number of H-pyrrole nitrogens is 1. The highest BCUT2D eigenvalue weighted by Gasteiger charge is 2.25. The van der Waals surface area contributed by atoms with Gasteiger partial charge in [-0.15, -0.1) is 0 Å². The number of pyridine rings is 1. The van der Waals surface area contributed by atoms with E-state index in [9.17, 15) is 4.79 Å². The van der Waals surface area contributed by atoms with Crippen LogP contribution in [0.25, 0.3) is 50.0 Å². The maximum Gasteiger partial charge on any atom is 0.362 e. The van der Waals surface area contributed by atoms with Gasteiger partial charge in [0.15, 0.2) is 0 Å². The predicted molar refractivity (Wildman–Crippen MR) is 126 cm³/mol. The summed E-state index contributed by atoms with van der Waals surface area (Å²) in [5, 5.41) is 2.80. The molecule has 0 saturated carbocycles. The van der Waals surface area contributed by atoms with Gasteiger partial charge in [-0.1, -0.05) is 23.8 Å². The van der Waals surface area contributed by atoms with Crippen LogP contribution in [0.2, 0.25) is 5.02 Å². The number of benzene rings is 2. The number of nitrogens with zero attached hydrogens (tertiary/aromatic N) is 3. The van der Waals surface area contributed by atoms with Crippen LogP contribution in [0.15, 0.2) is 58.1 Å². The number of imidazole rings is 1. The van der Waals surface area contributed by atoms with Crippen LogP contribution in [0, 0.1) is 5.82 Å². The van der Waals surface area contributed by atoms with Gasteiger partial charge in [-0.3, -0.25) is 0 Å². The van der Waals surface area contributed by atoms with E-state index in [1.807, 2.05) is 18.2 Å². The molecule has 0 saturated heterocycles. The van der Waals surface area contributed by atoms with E-state index >= 15 is 4.39 Å². The van der Waals surface area contributed by atoms with Gasteiger partial charge < -0.3 is 14.0 Å². The number of hydrogen-bond donors (Lipinski definition) is 1. The number of hydrogen-bond acceptors (Lipinski definition) is 4. The quantitative estimate of drug-likeness (QED) is 0.369. The van der Waals surface area contributed by atoms with E-state index in [1.165, 1.54) is 6.07 Å². The summed E-state index contributed by atoms with van der Waals surface area (Å²) >= 11 is 6.58. The molecule has 1 aliphatic rings. The van der Waals surface area contributed by atoms with E-state index < -0.39 is 5.63 Å². The minimum Gasteiger partial charge on any atom is -0.402 e. The lowest BCUT2D eigenvalue weighted by atomic mass is 10.0. The van der Waals surface area contributed by atoms with Gasteiger partial charge in [0.1, 0.15) is 11.3 Å². The molecule has 0 spiro atoms. The van der Waals surface area contributed by atoms with Crippen LogP contribution < -0.4 is 5.63 Å². The number of rotatable bonds is 2. The Bertz CT molecular complexity index is 1880. The van der Waals surface area contributed by atoms with Crippen molar-refractivity contribution in [2.24, 2.45) is 0 Å². The van der Waals surface area contributed by atoms with Crippen molar-refractivity contribution in [2.75, 3.05) is 0 Å². The fourth-order valence-corrected chi connectivity index (χ4v) is 5.20. The fourth-order valence-electron chi connectivity index (χ4n) is 4.99. The molecule has 1 N–H and O–H groups in total. The molecule has 6 aromatic rings. The highest BCUT2D eigenvalue weighted by molar-refractivity contribution is 6.32. The zero-order chi connectivity index (χ0) is 22.3. The van der Waals surface area contributed by atoms with E-state index in [1.54, 1.807) is 35.3 Å². The second-order valence-corrected chi connectivity index (χ2v) is 8.58. The topological polar surface area (TPSA) is 76.7 Å². The number of aromatic nitrogens is 4. The molecular weight excluding hydrogens is 443 g/mol. The standard InChI is InChI=1S/C25H14ClFN4O2/c26-16-8-19-18(29-11-30-19)7-12(16)10-31-20-9-17(27)13-3-1-4-14(13)21(20)22-15-5-2-6-28-24(15)33-25(32)23(22)31/h1-3,5-9,11H,4,10H2,(H,29,30). The first-order valence-electron chi connectivity index (χ1n) is 10.4. The number of halogens is 2. The highest BCUT2D eigenvalue weighted by atomic mass is 35.5. The molecule has 33 heavy (non-hydrogen) atoms. The summed E-state index contributed by atoms with van der Waals surface area (Å²) in [5.74, 6) is -0.322. The molecule has 6 nitrogen and oxygen atoms in total. The smallest absolute Gasteiger partial charge is 0.362 e. The van der Waals surface area contributed by atoms with Gasteiger partial charge in [-0.05, 0) is 47.9 Å². The Hall–Kier alpha value is -3.97. The molecule has 7 rings (SSSR count). The third-order valence-electron chi connectivity index (χ3n) is 6.40. The molecule has 160 valence electrons. The van der Waals surface area contributed by atoms with Crippen LogP contribution in [0.4, 0.5) is 4.39 Å². The molecule has 0 amide bonds. The van der Waals surface area contributed by atoms with Crippen LogP contribution in [-0.2, 0) is 13.0 Å². The Balaban J connectivity index is 1.64. The van der Waals surface area contributed by atoms with Gasteiger partial charge in [0.25, 0.3) is 0 Å². The molecule has 8 heteroatoms. The van der Waals surface area contributed by atoms with Crippen molar-refractivity contribution in [3.05, 3.63) is 86.9 Å². The highest BCUT2D eigenvalue weighted by Crippen LogP contribution is 2.40. The normalized spacial score (nSPS) is 13.2.